The highest BCUT2D eigenvalue weighted by molar-refractivity contribution is 7.98. The van der Waals surface area contributed by atoms with E-state index in [1.165, 1.54) is 15.9 Å². The van der Waals surface area contributed by atoms with Crippen molar-refractivity contribution < 1.29 is 23.7 Å². The molecule has 6 nitrogen and oxygen atoms in total. The van der Waals surface area contributed by atoms with Crippen LogP contribution in [-0.4, -0.2) is 43.0 Å². The number of fused-ring (bicyclic) bond motifs is 1. The standard InChI is InChI=1S/C20H23F2N3O3S/c21-10-1-4-16(22)13(5-10)18-17(23)6-11(9-28-18)24-7-14-15(8-24)20(27)25(19(14)26)29-12-2-3-12/h1,4-5,11-12,17-18,26-27H,2-3,6-9,23H2. The average molecular weight is 423 g/mol. The fraction of sp³-hybridized carbons (Fsp3) is 0.500. The Bertz CT molecular complexity index is 920. The molecule has 5 rings (SSSR count). The van der Waals surface area contributed by atoms with E-state index in [0.29, 0.717) is 31.4 Å². The summed E-state index contributed by atoms with van der Waals surface area (Å²) in [5.41, 5.74) is 7.89. The van der Waals surface area contributed by atoms with Crippen molar-refractivity contribution in [3.63, 3.8) is 0 Å². The van der Waals surface area contributed by atoms with Crippen LogP contribution >= 0.6 is 11.9 Å². The van der Waals surface area contributed by atoms with Crippen molar-refractivity contribution in [3.8, 4) is 11.8 Å². The van der Waals surface area contributed by atoms with E-state index in [1.807, 2.05) is 0 Å². The normalized spacial score (nSPS) is 27.3. The fourth-order valence-corrected chi connectivity index (χ4v) is 5.31. The molecule has 3 aliphatic rings. The van der Waals surface area contributed by atoms with Crippen LogP contribution in [0.15, 0.2) is 18.2 Å². The maximum Gasteiger partial charge on any atom is 0.209 e. The first kappa shape index (κ1) is 19.2. The van der Waals surface area contributed by atoms with Crippen molar-refractivity contribution in [2.45, 2.75) is 55.8 Å². The maximum atomic E-state index is 14.1. The van der Waals surface area contributed by atoms with Crippen molar-refractivity contribution in [1.29, 1.82) is 0 Å². The second-order valence-electron chi connectivity index (χ2n) is 8.08. The molecule has 4 N–H and O–H groups in total. The molecule has 3 atom stereocenters. The second-order valence-corrected chi connectivity index (χ2v) is 9.32. The quantitative estimate of drug-likeness (QED) is 0.701. The van der Waals surface area contributed by atoms with Crippen LogP contribution < -0.4 is 5.73 Å². The Kier molecular flexibility index (Phi) is 4.73. The molecular weight excluding hydrogens is 400 g/mol. The molecule has 1 saturated carbocycles. The molecule has 2 aliphatic heterocycles. The number of nitrogens with two attached hydrogens (primary N) is 1. The van der Waals surface area contributed by atoms with Crippen LogP contribution in [0.25, 0.3) is 0 Å². The third kappa shape index (κ3) is 3.39. The van der Waals surface area contributed by atoms with Gasteiger partial charge in [-0.2, -0.15) is 0 Å². The lowest BCUT2D eigenvalue weighted by molar-refractivity contribution is -0.0533. The van der Waals surface area contributed by atoms with Crippen LogP contribution in [0.1, 0.15) is 42.1 Å². The predicted molar refractivity (Wildman–Crippen MR) is 104 cm³/mol. The zero-order chi connectivity index (χ0) is 20.3. The molecule has 1 saturated heterocycles. The Balaban J connectivity index is 1.28. The van der Waals surface area contributed by atoms with Gasteiger partial charge in [0, 0.05) is 47.1 Å². The molecule has 2 aromatic rings. The molecule has 1 aromatic carbocycles. The van der Waals surface area contributed by atoms with Gasteiger partial charge in [0.15, 0.2) is 0 Å². The topological polar surface area (TPSA) is 83.9 Å². The van der Waals surface area contributed by atoms with Crippen LogP contribution in [-0.2, 0) is 17.8 Å². The lowest BCUT2D eigenvalue weighted by Crippen LogP contribution is -2.47. The smallest absolute Gasteiger partial charge is 0.209 e. The van der Waals surface area contributed by atoms with Gasteiger partial charge in [-0.25, -0.2) is 12.8 Å². The van der Waals surface area contributed by atoms with Crippen molar-refractivity contribution in [3.05, 3.63) is 46.5 Å². The minimum Gasteiger partial charge on any atom is -0.494 e. The Hall–Kier alpha value is -1.81. The summed E-state index contributed by atoms with van der Waals surface area (Å²) in [4.78, 5) is 2.11. The van der Waals surface area contributed by atoms with Gasteiger partial charge in [-0.15, -0.1) is 0 Å². The summed E-state index contributed by atoms with van der Waals surface area (Å²) in [7, 11) is 0. The molecule has 0 bridgehead atoms. The SMILES string of the molecule is NC1CC(N2Cc3c(c(O)n(SC4CC4)c3O)C2)COC1c1cc(F)ccc1F. The minimum absolute atomic E-state index is 0.0337. The van der Waals surface area contributed by atoms with E-state index in [0.717, 1.165) is 42.2 Å². The van der Waals surface area contributed by atoms with Crippen molar-refractivity contribution in [2.24, 2.45) is 5.73 Å². The Labute approximate surface area is 171 Å². The van der Waals surface area contributed by atoms with Crippen LogP contribution in [0.3, 0.4) is 0 Å². The second kappa shape index (κ2) is 7.16. The van der Waals surface area contributed by atoms with Crippen molar-refractivity contribution in [2.75, 3.05) is 6.61 Å². The van der Waals surface area contributed by atoms with E-state index in [2.05, 4.69) is 4.90 Å². The van der Waals surface area contributed by atoms with Crippen LogP contribution in [0.5, 0.6) is 11.8 Å². The van der Waals surface area contributed by atoms with E-state index in [9.17, 15) is 19.0 Å². The molecular formula is C20H23F2N3O3S. The lowest BCUT2D eigenvalue weighted by atomic mass is 9.93. The first-order valence-corrected chi connectivity index (χ1v) is 10.6. The lowest BCUT2D eigenvalue weighted by Gasteiger charge is -2.38. The molecule has 3 unspecified atom stereocenters. The highest BCUT2D eigenvalue weighted by atomic mass is 32.2. The van der Waals surface area contributed by atoms with Crippen molar-refractivity contribution in [1.82, 2.24) is 8.87 Å². The average Bonchev–Trinajstić information content (AvgIpc) is 3.36. The van der Waals surface area contributed by atoms with E-state index >= 15 is 0 Å². The third-order valence-electron chi connectivity index (χ3n) is 5.97. The van der Waals surface area contributed by atoms with Crippen LogP contribution in [0.2, 0.25) is 0 Å². The highest BCUT2D eigenvalue weighted by Gasteiger charge is 2.40. The highest BCUT2D eigenvalue weighted by Crippen LogP contribution is 2.47. The first-order valence-electron chi connectivity index (χ1n) is 9.80. The molecule has 1 aromatic heterocycles. The Morgan fingerprint density at radius 2 is 1.79 bits per heavy atom. The van der Waals surface area contributed by atoms with E-state index in [-0.39, 0.29) is 23.4 Å². The van der Waals surface area contributed by atoms with Gasteiger partial charge in [-0.05, 0) is 49.4 Å². The van der Waals surface area contributed by atoms with Gasteiger partial charge < -0.3 is 20.7 Å². The summed E-state index contributed by atoms with van der Waals surface area (Å²) in [5.74, 6) is -0.833. The number of hydrogen-bond acceptors (Lipinski definition) is 6. The summed E-state index contributed by atoms with van der Waals surface area (Å²) in [6.45, 7) is 1.30. The summed E-state index contributed by atoms with van der Waals surface area (Å²) >= 11 is 1.47. The number of hydrogen-bond donors (Lipinski definition) is 3. The number of benzene rings is 1. The van der Waals surface area contributed by atoms with E-state index in [1.54, 1.807) is 0 Å². The zero-order valence-corrected chi connectivity index (χ0v) is 16.5. The van der Waals surface area contributed by atoms with Crippen LogP contribution in [0, 0.1) is 11.6 Å². The van der Waals surface area contributed by atoms with E-state index < -0.39 is 23.8 Å². The van der Waals surface area contributed by atoms with E-state index in [4.69, 9.17) is 10.5 Å². The summed E-state index contributed by atoms with van der Waals surface area (Å²) in [6.07, 6.45) is 2.05. The van der Waals surface area contributed by atoms with Crippen molar-refractivity contribution >= 4 is 11.9 Å². The molecule has 29 heavy (non-hydrogen) atoms. The summed E-state index contributed by atoms with van der Waals surface area (Å²) in [5, 5.41) is 21.5. The molecule has 0 radical (unpaired) electrons. The molecule has 156 valence electrons. The Morgan fingerprint density at radius 1 is 1.10 bits per heavy atom. The first-order chi connectivity index (χ1) is 13.9. The predicted octanol–water partition coefficient (Wildman–Crippen LogP) is 3.01. The third-order valence-corrected chi connectivity index (χ3v) is 7.30. The largest absolute Gasteiger partial charge is 0.494 e. The van der Waals surface area contributed by atoms with Gasteiger partial charge in [-0.3, -0.25) is 4.90 Å². The van der Waals surface area contributed by atoms with Gasteiger partial charge in [0.2, 0.25) is 11.8 Å². The monoisotopic (exact) mass is 423 g/mol. The van der Waals surface area contributed by atoms with Gasteiger partial charge in [0.05, 0.1) is 6.61 Å². The van der Waals surface area contributed by atoms with Gasteiger partial charge in [0.1, 0.15) is 17.7 Å². The molecule has 3 heterocycles. The van der Waals surface area contributed by atoms with Gasteiger partial charge >= 0.3 is 0 Å². The fourth-order valence-electron chi connectivity index (χ4n) is 4.24. The molecule has 2 fully saturated rings. The summed E-state index contributed by atoms with van der Waals surface area (Å²) < 4.78 is 35.0. The number of aromatic hydroxyl groups is 2. The zero-order valence-electron chi connectivity index (χ0n) is 15.7. The van der Waals surface area contributed by atoms with Gasteiger partial charge in [-0.1, -0.05) is 0 Å². The Morgan fingerprint density at radius 3 is 2.41 bits per heavy atom. The summed E-state index contributed by atoms with van der Waals surface area (Å²) in [6, 6.07) is 2.78. The number of rotatable bonds is 4. The number of ether oxygens (including phenoxy) is 1. The van der Waals surface area contributed by atoms with Crippen LogP contribution in [0.4, 0.5) is 8.78 Å². The molecule has 1 aliphatic carbocycles. The number of halogens is 2. The maximum absolute atomic E-state index is 14.1. The number of aromatic nitrogens is 1. The molecule has 0 amide bonds. The minimum atomic E-state index is -0.699. The molecule has 0 spiro atoms. The van der Waals surface area contributed by atoms with Gasteiger partial charge in [0.25, 0.3) is 0 Å². The number of nitrogens with zero attached hydrogens (tertiary/aromatic N) is 2. The molecule has 9 heteroatoms.